The van der Waals surface area contributed by atoms with E-state index < -0.39 is 0 Å². The summed E-state index contributed by atoms with van der Waals surface area (Å²) in [6, 6.07) is 3.83. The van der Waals surface area contributed by atoms with E-state index in [1.54, 1.807) is 6.07 Å². The van der Waals surface area contributed by atoms with E-state index in [0.29, 0.717) is 36.2 Å². The monoisotopic (exact) mass is 346 g/mol. The summed E-state index contributed by atoms with van der Waals surface area (Å²) < 4.78 is 11.0. The molecule has 2 aliphatic heterocycles. The fraction of sp³-hybridized carbons (Fsp3) is 0.533. The zero-order valence-electron chi connectivity index (χ0n) is 12.2. The number of halogens is 2. The minimum Gasteiger partial charge on any atom is -0.486 e. The van der Waals surface area contributed by atoms with Crippen LogP contribution in [0.4, 0.5) is 0 Å². The molecule has 122 valence electrons. The van der Waals surface area contributed by atoms with Crippen molar-refractivity contribution in [2.75, 3.05) is 26.3 Å². The molecule has 1 aromatic rings. The average molecular weight is 347 g/mol. The lowest BCUT2D eigenvalue weighted by Gasteiger charge is -2.24. The number of benzene rings is 1. The summed E-state index contributed by atoms with van der Waals surface area (Å²) in [6.45, 7) is 2.88. The van der Waals surface area contributed by atoms with Gasteiger partial charge in [0.15, 0.2) is 11.5 Å². The molecule has 1 atom stereocenters. The van der Waals surface area contributed by atoms with Gasteiger partial charge in [0, 0.05) is 12.6 Å². The molecule has 1 amide bonds. The smallest absolute Gasteiger partial charge is 0.224 e. The van der Waals surface area contributed by atoms with Gasteiger partial charge >= 0.3 is 0 Å². The fourth-order valence-electron chi connectivity index (χ4n) is 2.71. The van der Waals surface area contributed by atoms with E-state index >= 15 is 0 Å². The Kier molecular flexibility index (Phi) is 6.17. The Hall–Kier alpha value is -1.17. The topological polar surface area (TPSA) is 59.6 Å². The summed E-state index contributed by atoms with van der Waals surface area (Å²) in [5, 5.41) is 6.83. The highest BCUT2D eigenvalue weighted by atomic mass is 35.5. The van der Waals surface area contributed by atoms with Crippen LogP contribution in [0, 0.1) is 0 Å². The Morgan fingerprint density at radius 1 is 1.36 bits per heavy atom. The number of hydrogen-bond acceptors (Lipinski definition) is 4. The van der Waals surface area contributed by atoms with E-state index in [4.69, 9.17) is 21.1 Å². The maximum atomic E-state index is 12.1. The molecule has 2 N–H and O–H groups in total. The van der Waals surface area contributed by atoms with E-state index in [1.165, 1.54) is 0 Å². The van der Waals surface area contributed by atoms with Gasteiger partial charge in [-0.05, 0) is 37.1 Å². The van der Waals surface area contributed by atoms with E-state index in [2.05, 4.69) is 10.6 Å². The molecule has 2 aliphatic rings. The predicted molar refractivity (Wildman–Crippen MR) is 87.4 cm³/mol. The number of carbonyl (C=O) groups excluding carboxylic acids is 1. The van der Waals surface area contributed by atoms with Crippen molar-refractivity contribution in [1.29, 1.82) is 0 Å². The molecule has 1 saturated heterocycles. The van der Waals surface area contributed by atoms with Crippen molar-refractivity contribution in [1.82, 2.24) is 10.6 Å². The molecule has 22 heavy (non-hydrogen) atoms. The Morgan fingerprint density at radius 2 is 2.18 bits per heavy atom. The first-order chi connectivity index (χ1) is 10.2. The van der Waals surface area contributed by atoms with Crippen molar-refractivity contribution < 1.29 is 14.3 Å². The fourth-order valence-corrected chi connectivity index (χ4v) is 2.99. The quantitative estimate of drug-likeness (QED) is 0.878. The Bertz CT molecular complexity index is 534. The number of amides is 1. The minimum atomic E-state index is 0. The molecule has 0 saturated carbocycles. The van der Waals surface area contributed by atoms with Crippen molar-refractivity contribution in [2.24, 2.45) is 0 Å². The van der Waals surface area contributed by atoms with Crippen molar-refractivity contribution >= 4 is 29.9 Å². The molecule has 1 fully saturated rings. The molecule has 1 aromatic carbocycles. The molecule has 0 radical (unpaired) electrons. The highest BCUT2D eigenvalue weighted by molar-refractivity contribution is 6.32. The normalized spacial score (nSPS) is 20.0. The summed E-state index contributed by atoms with van der Waals surface area (Å²) >= 11 is 6.18. The summed E-state index contributed by atoms with van der Waals surface area (Å²) in [6.07, 6.45) is 2.42. The van der Waals surface area contributed by atoms with Gasteiger partial charge in [-0.3, -0.25) is 4.79 Å². The van der Waals surface area contributed by atoms with Crippen LogP contribution in [0.1, 0.15) is 18.4 Å². The second kappa shape index (κ2) is 7.90. The average Bonchev–Trinajstić information content (AvgIpc) is 2.48. The third kappa shape index (κ3) is 4.18. The maximum absolute atomic E-state index is 12.1. The molecule has 0 aliphatic carbocycles. The van der Waals surface area contributed by atoms with E-state index in [1.807, 2.05) is 6.07 Å². The van der Waals surface area contributed by atoms with Crippen LogP contribution in [-0.2, 0) is 11.2 Å². The van der Waals surface area contributed by atoms with Crippen LogP contribution in [0.3, 0.4) is 0 Å². The third-order valence-electron chi connectivity index (χ3n) is 3.68. The molecule has 3 rings (SSSR count). The highest BCUT2D eigenvalue weighted by Gasteiger charge is 2.19. The minimum absolute atomic E-state index is 0. The number of rotatable bonds is 3. The maximum Gasteiger partial charge on any atom is 0.224 e. The lowest BCUT2D eigenvalue weighted by Crippen LogP contribution is -2.46. The number of piperidine rings is 1. The van der Waals surface area contributed by atoms with Crippen LogP contribution in [0.15, 0.2) is 12.1 Å². The largest absolute Gasteiger partial charge is 0.486 e. The highest BCUT2D eigenvalue weighted by Crippen LogP contribution is 2.38. The van der Waals surface area contributed by atoms with Crippen LogP contribution in [0.5, 0.6) is 11.5 Å². The molecule has 5 nitrogen and oxygen atoms in total. The van der Waals surface area contributed by atoms with E-state index in [-0.39, 0.29) is 24.4 Å². The van der Waals surface area contributed by atoms with Crippen molar-refractivity contribution in [3.8, 4) is 11.5 Å². The van der Waals surface area contributed by atoms with Crippen LogP contribution < -0.4 is 20.1 Å². The van der Waals surface area contributed by atoms with Crippen LogP contribution >= 0.6 is 24.0 Å². The van der Waals surface area contributed by atoms with Crippen LogP contribution in [-0.4, -0.2) is 38.3 Å². The molecule has 0 bridgehead atoms. The lowest BCUT2D eigenvalue weighted by atomic mass is 10.1. The van der Waals surface area contributed by atoms with Gasteiger partial charge < -0.3 is 20.1 Å². The molecule has 2 heterocycles. The molecule has 7 heteroatoms. The van der Waals surface area contributed by atoms with E-state index in [0.717, 1.165) is 31.5 Å². The Balaban J connectivity index is 0.00000176. The Morgan fingerprint density at radius 3 is 2.95 bits per heavy atom. The van der Waals surface area contributed by atoms with Gasteiger partial charge in [0.2, 0.25) is 5.91 Å². The van der Waals surface area contributed by atoms with E-state index in [9.17, 15) is 4.79 Å². The molecule has 0 spiro atoms. The molecular weight excluding hydrogens is 327 g/mol. The summed E-state index contributed by atoms with van der Waals surface area (Å²) in [4.78, 5) is 12.1. The van der Waals surface area contributed by atoms with Gasteiger partial charge in [-0.2, -0.15) is 0 Å². The number of nitrogens with one attached hydrogen (secondary N) is 2. The Labute approximate surface area is 141 Å². The number of hydrogen-bond donors (Lipinski definition) is 2. The zero-order valence-corrected chi connectivity index (χ0v) is 13.8. The standard InChI is InChI=1S/C15H19ClN2O3.ClH/c16-12-6-10(7-13-15(12)21-5-4-20-13)8-14(19)18-11-2-1-3-17-9-11;/h6-7,11,17H,1-5,8-9H2,(H,18,19);1H. The summed E-state index contributed by atoms with van der Waals surface area (Å²) in [5.41, 5.74) is 0.838. The third-order valence-corrected chi connectivity index (χ3v) is 3.96. The number of carbonyl (C=O) groups is 1. The second-order valence-corrected chi connectivity index (χ2v) is 5.80. The molecule has 1 unspecified atom stereocenters. The van der Waals surface area contributed by atoms with Crippen LogP contribution in [0.2, 0.25) is 5.02 Å². The summed E-state index contributed by atoms with van der Waals surface area (Å²) in [7, 11) is 0. The molecular formula is C15H20Cl2N2O3. The second-order valence-electron chi connectivity index (χ2n) is 5.39. The lowest BCUT2D eigenvalue weighted by molar-refractivity contribution is -0.121. The van der Waals surface area contributed by atoms with Gasteiger partial charge in [-0.15, -0.1) is 12.4 Å². The van der Waals surface area contributed by atoms with Gasteiger partial charge in [-0.25, -0.2) is 0 Å². The SMILES string of the molecule is Cl.O=C(Cc1cc(Cl)c2c(c1)OCCO2)NC1CCCNC1. The first-order valence-electron chi connectivity index (χ1n) is 7.30. The zero-order chi connectivity index (χ0) is 14.7. The van der Waals surface area contributed by atoms with Gasteiger partial charge in [0.25, 0.3) is 0 Å². The van der Waals surface area contributed by atoms with Crippen molar-refractivity contribution in [2.45, 2.75) is 25.3 Å². The van der Waals surface area contributed by atoms with Crippen molar-refractivity contribution in [3.05, 3.63) is 22.7 Å². The first kappa shape index (κ1) is 17.2. The first-order valence-corrected chi connectivity index (χ1v) is 7.68. The van der Waals surface area contributed by atoms with Gasteiger partial charge in [0.05, 0.1) is 11.4 Å². The van der Waals surface area contributed by atoms with Crippen molar-refractivity contribution in [3.63, 3.8) is 0 Å². The molecule has 0 aromatic heterocycles. The number of fused-ring (bicyclic) bond motifs is 1. The predicted octanol–water partition coefficient (Wildman–Crippen LogP) is 1.94. The van der Waals surface area contributed by atoms with Gasteiger partial charge in [0.1, 0.15) is 13.2 Å². The van der Waals surface area contributed by atoms with Gasteiger partial charge in [-0.1, -0.05) is 11.6 Å². The summed E-state index contributed by atoms with van der Waals surface area (Å²) in [5.74, 6) is 1.20. The van der Waals surface area contributed by atoms with Crippen LogP contribution in [0.25, 0.3) is 0 Å². The number of ether oxygens (including phenoxy) is 2.